The van der Waals surface area contributed by atoms with E-state index in [2.05, 4.69) is 4.99 Å². The second-order valence-electron chi connectivity index (χ2n) is 4.32. The van der Waals surface area contributed by atoms with Crippen LogP contribution in [0, 0.1) is 0 Å². The van der Waals surface area contributed by atoms with Crippen molar-refractivity contribution in [2.75, 3.05) is 11.4 Å². The van der Waals surface area contributed by atoms with Gasteiger partial charge in [-0.25, -0.2) is 0 Å². The van der Waals surface area contributed by atoms with Crippen LogP contribution < -0.4 is 16.4 Å². The van der Waals surface area contributed by atoms with Crippen molar-refractivity contribution < 1.29 is 4.79 Å². The maximum absolute atomic E-state index is 12.0. The van der Waals surface area contributed by atoms with E-state index in [-0.39, 0.29) is 17.9 Å². The second-order valence-corrected chi connectivity index (χ2v) is 5.17. The Morgan fingerprint density at radius 3 is 2.74 bits per heavy atom. The number of nitrogens with zero attached hydrogens (tertiary/aromatic N) is 2. The van der Waals surface area contributed by atoms with Crippen LogP contribution in [0.1, 0.15) is 12.8 Å². The zero-order valence-electron chi connectivity index (χ0n) is 10.1. The van der Waals surface area contributed by atoms with Gasteiger partial charge in [-0.3, -0.25) is 4.79 Å². The molecule has 0 saturated carbocycles. The Labute approximate surface area is 121 Å². The molecule has 1 saturated heterocycles. The molecule has 0 bridgehead atoms. The first-order chi connectivity index (χ1) is 8.99. The van der Waals surface area contributed by atoms with Crippen LogP contribution in [0.2, 0.25) is 10.0 Å². The van der Waals surface area contributed by atoms with Crippen molar-refractivity contribution in [1.29, 1.82) is 0 Å². The highest BCUT2D eigenvalue weighted by Gasteiger charge is 2.31. The Hall–Kier alpha value is -1.46. The van der Waals surface area contributed by atoms with Gasteiger partial charge in [0.05, 0.1) is 10.7 Å². The molecular weight excluding hydrogens is 287 g/mol. The number of nitrogens with two attached hydrogens (primary N) is 2. The summed E-state index contributed by atoms with van der Waals surface area (Å²) in [5, 5.41) is 1.07. The molecule has 102 valence electrons. The molecule has 19 heavy (non-hydrogen) atoms. The fraction of sp³-hybridized carbons (Fsp3) is 0.333. The minimum Gasteiger partial charge on any atom is -0.370 e. The molecule has 4 N–H and O–H groups in total. The van der Waals surface area contributed by atoms with E-state index in [9.17, 15) is 4.79 Å². The smallest absolute Gasteiger partial charge is 0.271 e. The summed E-state index contributed by atoms with van der Waals surface area (Å²) in [6.07, 6.45) is 1.59. The van der Waals surface area contributed by atoms with Crippen LogP contribution in [0.15, 0.2) is 23.2 Å². The van der Waals surface area contributed by atoms with Gasteiger partial charge in [-0.2, -0.15) is 4.99 Å². The van der Waals surface area contributed by atoms with Crippen molar-refractivity contribution in [3.63, 3.8) is 0 Å². The lowest BCUT2D eigenvalue weighted by atomic mass is 10.2. The van der Waals surface area contributed by atoms with E-state index in [1.807, 2.05) is 4.90 Å². The fourth-order valence-electron chi connectivity index (χ4n) is 2.23. The number of halogens is 2. The van der Waals surface area contributed by atoms with E-state index in [1.54, 1.807) is 18.2 Å². The zero-order chi connectivity index (χ0) is 14.0. The molecule has 7 heteroatoms. The second kappa shape index (κ2) is 5.67. The summed E-state index contributed by atoms with van der Waals surface area (Å²) in [5.74, 6) is -0.567. The maximum atomic E-state index is 12.0. The van der Waals surface area contributed by atoms with Crippen LogP contribution in [0.4, 0.5) is 5.69 Å². The topological polar surface area (TPSA) is 84.7 Å². The number of amides is 1. The number of benzene rings is 1. The highest BCUT2D eigenvalue weighted by Crippen LogP contribution is 2.33. The average molecular weight is 301 g/mol. The van der Waals surface area contributed by atoms with E-state index < -0.39 is 0 Å². The molecule has 1 aliphatic rings. The summed E-state index contributed by atoms with van der Waals surface area (Å²) >= 11 is 12.0. The van der Waals surface area contributed by atoms with Crippen molar-refractivity contribution in [2.45, 2.75) is 18.9 Å². The number of hydrogen-bond donors (Lipinski definition) is 2. The molecule has 0 radical (unpaired) electrons. The normalized spacial score (nSPS) is 18.4. The highest BCUT2D eigenvalue weighted by atomic mass is 35.5. The van der Waals surface area contributed by atoms with E-state index in [0.717, 1.165) is 18.7 Å². The summed E-state index contributed by atoms with van der Waals surface area (Å²) in [5.41, 5.74) is 11.3. The van der Waals surface area contributed by atoms with Gasteiger partial charge in [0.15, 0.2) is 5.96 Å². The van der Waals surface area contributed by atoms with Gasteiger partial charge in [-0.15, -0.1) is 0 Å². The van der Waals surface area contributed by atoms with E-state index in [0.29, 0.717) is 16.5 Å². The number of anilines is 1. The van der Waals surface area contributed by atoms with Crippen LogP contribution in [0.25, 0.3) is 0 Å². The van der Waals surface area contributed by atoms with Crippen molar-refractivity contribution in [2.24, 2.45) is 16.5 Å². The maximum Gasteiger partial charge on any atom is 0.271 e. The summed E-state index contributed by atoms with van der Waals surface area (Å²) < 4.78 is 0. The fourth-order valence-corrected chi connectivity index (χ4v) is 2.74. The van der Waals surface area contributed by atoms with Crippen LogP contribution in [0.3, 0.4) is 0 Å². The SMILES string of the molecule is NC(N)=NC(=O)C1CCCN1c1ccc(Cl)cc1Cl. The number of carbonyl (C=O) groups excluding carboxylic acids is 1. The zero-order valence-corrected chi connectivity index (χ0v) is 11.7. The molecule has 1 amide bonds. The predicted octanol–water partition coefficient (Wildman–Crippen LogP) is 1.76. The molecule has 1 heterocycles. The van der Waals surface area contributed by atoms with Crippen LogP contribution in [0.5, 0.6) is 0 Å². The van der Waals surface area contributed by atoms with Gasteiger partial charge in [-0.05, 0) is 31.0 Å². The molecule has 0 aromatic heterocycles. The Balaban J connectivity index is 2.28. The highest BCUT2D eigenvalue weighted by molar-refractivity contribution is 6.36. The molecule has 1 aliphatic heterocycles. The first-order valence-corrected chi connectivity index (χ1v) is 6.60. The van der Waals surface area contributed by atoms with Gasteiger partial charge in [-0.1, -0.05) is 23.2 Å². The number of guanidine groups is 1. The van der Waals surface area contributed by atoms with Crippen LogP contribution >= 0.6 is 23.2 Å². The van der Waals surface area contributed by atoms with Gasteiger partial charge in [0.25, 0.3) is 5.91 Å². The lowest BCUT2D eigenvalue weighted by Crippen LogP contribution is -2.37. The molecule has 2 rings (SSSR count). The van der Waals surface area contributed by atoms with Crippen molar-refractivity contribution in [3.8, 4) is 0 Å². The van der Waals surface area contributed by atoms with E-state index in [4.69, 9.17) is 34.7 Å². The van der Waals surface area contributed by atoms with Gasteiger partial charge in [0, 0.05) is 11.6 Å². The van der Waals surface area contributed by atoms with Crippen LogP contribution in [-0.2, 0) is 4.79 Å². The molecule has 0 spiro atoms. The lowest BCUT2D eigenvalue weighted by Gasteiger charge is -2.25. The Morgan fingerprint density at radius 1 is 1.37 bits per heavy atom. The predicted molar refractivity (Wildman–Crippen MR) is 77.6 cm³/mol. The Morgan fingerprint density at radius 2 is 2.11 bits per heavy atom. The standard InChI is InChI=1S/C12H14Cl2N4O/c13-7-3-4-9(8(14)6-7)18-5-1-2-10(18)11(19)17-12(15)16/h3-4,6,10H,1-2,5H2,(H4,15,16,17,19). The van der Waals surface area contributed by atoms with Crippen molar-refractivity contribution >= 4 is 40.8 Å². The molecule has 1 aromatic rings. The molecule has 1 aromatic carbocycles. The van der Waals surface area contributed by atoms with E-state index in [1.165, 1.54) is 0 Å². The third kappa shape index (κ3) is 3.11. The molecule has 0 aliphatic carbocycles. The van der Waals surface area contributed by atoms with Crippen molar-refractivity contribution in [1.82, 2.24) is 0 Å². The Kier molecular flexibility index (Phi) is 4.17. The summed E-state index contributed by atoms with van der Waals surface area (Å²) in [6.45, 7) is 0.734. The largest absolute Gasteiger partial charge is 0.370 e. The molecule has 1 fully saturated rings. The minimum atomic E-state index is -0.374. The Bertz CT molecular complexity index is 528. The number of rotatable bonds is 2. The third-order valence-electron chi connectivity index (χ3n) is 3.00. The number of hydrogen-bond acceptors (Lipinski definition) is 2. The van der Waals surface area contributed by atoms with Gasteiger partial charge in [0.1, 0.15) is 6.04 Å². The van der Waals surface area contributed by atoms with Crippen molar-refractivity contribution in [3.05, 3.63) is 28.2 Å². The van der Waals surface area contributed by atoms with Crippen LogP contribution in [-0.4, -0.2) is 24.5 Å². The van der Waals surface area contributed by atoms with E-state index >= 15 is 0 Å². The molecule has 5 nitrogen and oxygen atoms in total. The third-order valence-corrected chi connectivity index (χ3v) is 3.53. The molecule has 1 atom stereocenters. The minimum absolute atomic E-state index is 0.223. The summed E-state index contributed by atoms with van der Waals surface area (Å²) in [7, 11) is 0. The molecular formula is C12H14Cl2N4O. The first kappa shape index (κ1) is 14.0. The molecule has 1 unspecified atom stereocenters. The van der Waals surface area contributed by atoms with Gasteiger partial charge >= 0.3 is 0 Å². The number of carbonyl (C=O) groups is 1. The van der Waals surface area contributed by atoms with Gasteiger partial charge in [0.2, 0.25) is 0 Å². The average Bonchev–Trinajstić information content (AvgIpc) is 2.76. The lowest BCUT2D eigenvalue weighted by molar-refractivity contribution is -0.118. The summed E-state index contributed by atoms with van der Waals surface area (Å²) in [4.78, 5) is 17.5. The summed E-state index contributed by atoms with van der Waals surface area (Å²) in [6, 6.07) is 4.81. The monoisotopic (exact) mass is 300 g/mol. The quantitative estimate of drug-likeness (QED) is 0.644. The number of aliphatic imine (C=N–C) groups is 1. The first-order valence-electron chi connectivity index (χ1n) is 5.84. The van der Waals surface area contributed by atoms with Gasteiger partial charge < -0.3 is 16.4 Å².